The van der Waals surface area contributed by atoms with Gasteiger partial charge in [0, 0.05) is 38.2 Å². The van der Waals surface area contributed by atoms with Gasteiger partial charge in [-0.1, -0.05) is 35.0 Å². The van der Waals surface area contributed by atoms with Crippen molar-refractivity contribution in [1.29, 1.82) is 0 Å². The van der Waals surface area contributed by atoms with Gasteiger partial charge in [-0.25, -0.2) is 0 Å². The van der Waals surface area contributed by atoms with Crippen LogP contribution in [0.25, 0.3) is 0 Å². The molecule has 2 aromatic rings. The van der Waals surface area contributed by atoms with Crippen molar-refractivity contribution in [3.8, 4) is 0 Å². The zero-order valence-electron chi connectivity index (χ0n) is 15.9. The van der Waals surface area contributed by atoms with Gasteiger partial charge in [-0.3, -0.25) is 9.79 Å². The Labute approximate surface area is 175 Å². The summed E-state index contributed by atoms with van der Waals surface area (Å²) in [6.07, 6.45) is 8.18. The molecule has 1 amide bonds. The molecule has 0 saturated carbocycles. The molecule has 1 aliphatic carbocycles. The first-order valence-corrected chi connectivity index (χ1v) is 10.9. The number of hydrogen-bond donors (Lipinski definition) is 1. The summed E-state index contributed by atoms with van der Waals surface area (Å²) in [5.41, 5.74) is 4.91. The number of allylic oxidation sites excluding steroid dienone is 1. The van der Waals surface area contributed by atoms with Gasteiger partial charge in [0.15, 0.2) is 0 Å². The van der Waals surface area contributed by atoms with Crippen LogP contribution in [0.4, 0.5) is 5.69 Å². The zero-order valence-corrected chi connectivity index (χ0v) is 17.5. The van der Waals surface area contributed by atoms with E-state index in [1.807, 2.05) is 43.3 Å². The van der Waals surface area contributed by atoms with Gasteiger partial charge in [-0.05, 0) is 75.4 Å². The Morgan fingerprint density at radius 2 is 2.04 bits per heavy atom. The minimum Gasteiger partial charge on any atom is -0.352 e. The van der Waals surface area contributed by atoms with Gasteiger partial charge < -0.3 is 5.32 Å². The molecule has 2 aromatic carbocycles. The summed E-state index contributed by atoms with van der Waals surface area (Å²) in [7, 11) is 0. The first-order chi connectivity index (χ1) is 13.6. The fourth-order valence-corrected chi connectivity index (χ4v) is 4.84. The van der Waals surface area contributed by atoms with E-state index in [1.165, 1.54) is 31.3 Å². The lowest BCUT2D eigenvalue weighted by Gasteiger charge is -2.13. The lowest BCUT2D eigenvalue weighted by molar-refractivity contribution is 0.0954. The molecular formula is C23H23ClN2OS. The summed E-state index contributed by atoms with van der Waals surface area (Å²) in [5.74, 6) is -0.0399. The first kappa shape index (κ1) is 19.3. The molecule has 0 saturated heterocycles. The predicted molar refractivity (Wildman–Crippen MR) is 117 cm³/mol. The van der Waals surface area contributed by atoms with E-state index in [0.717, 1.165) is 33.2 Å². The van der Waals surface area contributed by atoms with Gasteiger partial charge in [0.2, 0.25) is 0 Å². The third-order valence-corrected chi connectivity index (χ3v) is 6.55. The minimum absolute atomic E-state index is 0.0399. The highest BCUT2D eigenvalue weighted by atomic mass is 35.5. The monoisotopic (exact) mass is 410 g/mol. The van der Waals surface area contributed by atoms with Gasteiger partial charge in [0.1, 0.15) is 0 Å². The average Bonchev–Trinajstić information content (AvgIpc) is 2.84. The molecule has 5 heteroatoms. The number of nitrogens with one attached hydrogen (secondary N) is 1. The molecule has 1 heterocycles. The van der Waals surface area contributed by atoms with E-state index < -0.39 is 0 Å². The molecule has 3 nitrogen and oxygen atoms in total. The molecule has 0 spiro atoms. The normalized spacial score (nSPS) is 15.6. The maximum atomic E-state index is 12.6. The van der Waals surface area contributed by atoms with Gasteiger partial charge in [0.05, 0.1) is 5.69 Å². The third-order valence-electron chi connectivity index (χ3n) is 5.18. The maximum absolute atomic E-state index is 12.6. The van der Waals surface area contributed by atoms with Crippen molar-refractivity contribution in [3.05, 3.63) is 64.2 Å². The van der Waals surface area contributed by atoms with Gasteiger partial charge in [-0.15, -0.1) is 0 Å². The number of benzene rings is 2. The van der Waals surface area contributed by atoms with Gasteiger partial charge in [0.25, 0.3) is 5.91 Å². The second-order valence-electron chi connectivity index (χ2n) is 7.24. The lowest BCUT2D eigenvalue weighted by Crippen LogP contribution is -2.24. The number of halogens is 1. The van der Waals surface area contributed by atoms with Crippen LogP contribution in [0.5, 0.6) is 0 Å². The number of aliphatic imine (C=N–C) groups is 1. The van der Waals surface area contributed by atoms with E-state index in [4.69, 9.17) is 16.6 Å². The number of carbonyl (C=O) groups excluding carboxylic acids is 1. The van der Waals surface area contributed by atoms with Crippen molar-refractivity contribution < 1.29 is 4.79 Å². The van der Waals surface area contributed by atoms with Crippen molar-refractivity contribution in [2.45, 2.75) is 48.8 Å². The number of amides is 1. The lowest BCUT2D eigenvalue weighted by atomic mass is 9.97. The number of rotatable bonds is 4. The third kappa shape index (κ3) is 4.34. The summed E-state index contributed by atoms with van der Waals surface area (Å²) in [5, 5.41) is 3.75. The van der Waals surface area contributed by atoms with Crippen LogP contribution < -0.4 is 5.32 Å². The van der Waals surface area contributed by atoms with E-state index in [0.29, 0.717) is 17.1 Å². The summed E-state index contributed by atoms with van der Waals surface area (Å²) in [6, 6.07) is 11.6. The van der Waals surface area contributed by atoms with Crippen LogP contribution in [0.1, 0.15) is 54.9 Å². The van der Waals surface area contributed by atoms with Crippen LogP contribution in [0.2, 0.25) is 5.02 Å². The van der Waals surface area contributed by atoms with E-state index in [-0.39, 0.29) is 5.91 Å². The molecular weight excluding hydrogens is 388 g/mol. The van der Waals surface area contributed by atoms with E-state index in [1.54, 1.807) is 11.8 Å². The number of fused-ring (bicyclic) bond motifs is 2. The Balaban J connectivity index is 1.49. The highest BCUT2D eigenvalue weighted by molar-refractivity contribution is 7.99. The molecule has 1 N–H and O–H groups in total. The Morgan fingerprint density at radius 3 is 2.86 bits per heavy atom. The summed E-state index contributed by atoms with van der Waals surface area (Å²) < 4.78 is 0. The number of nitrogens with zero attached hydrogens (tertiary/aromatic N) is 1. The smallest absolute Gasteiger partial charge is 0.251 e. The molecule has 0 aromatic heterocycles. The van der Waals surface area contributed by atoms with Crippen LogP contribution >= 0.6 is 23.4 Å². The van der Waals surface area contributed by atoms with Gasteiger partial charge in [-0.2, -0.15) is 0 Å². The average molecular weight is 411 g/mol. The molecule has 0 atom stereocenters. The zero-order chi connectivity index (χ0) is 19.5. The van der Waals surface area contributed by atoms with Gasteiger partial charge >= 0.3 is 0 Å². The molecule has 2 aliphatic rings. The minimum atomic E-state index is -0.0399. The van der Waals surface area contributed by atoms with E-state index >= 15 is 0 Å². The maximum Gasteiger partial charge on any atom is 0.251 e. The van der Waals surface area contributed by atoms with E-state index in [9.17, 15) is 4.79 Å². The topological polar surface area (TPSA) is 41.5 Å². The summed E-state index contributed by atoms with van der Waals surface area (Å²) >= 11 is 7.82. The highest BCUT2D eigenvalue weighted by Crippen LogP contribution is 2.41. The second kappa shape index (κ2) is 8.54. The SMILES string of the molecule is CC1=Nc2cc(C(=O)NCCC3=CCCCC3)ccc2Sc2ccc(Cl)cc21. The Bertz CT molecular complexity index is 981. The van der Waals surface area contributed by atoms with Crippen LogP contribution in [-0.4, -0.2) is 18.2 Å². The molecule has 1 aliphatic heterocycles. The number of carbonyl (C=O) groups is 1. The first-order valence-electron chi connectivity index (χ1n) is 9.73. The summed E-state index contributed by atoms with van der Waals surface area (Å²) in [4.78, 5) is 19.5. The molecule has 0 fully saturated rings. The molecule has 4 rings (SSSR count). The largest absolute Gasteiger partial charge is 0.352 e. The Hall–Kier alpha value is -2.04. The van der Waals surface area contributed by atoms with E-state index in [2.05, 4.69) is 11.4 Å². The fraction of sp³-hybridized carbons (Fsp3) is 0.304. The molecule has 28 heavy (non-hydrogen) atoms. The molecule has 0 unspecified atom stereocenters. The highest BCUT2D eigenvalue weighted by Gasteiger charge is 2.17. The standard InChI is InChI=1S/C23H23ClN2OS/c1-15-19-14-18(24)8-10-21(19)28-22-9-7-17(13-20(22)26-15)23(27)25-12-11-16-5-3-2-4-6-16/h5,7-10,13-14H,2-4,6,11-12H2,1H3,(H,25,27). The molecule has 0 bridgehead atoms. The van der Waals surface area contributed by atoms with Crippen LogP contribution in [0.15, 0.2) is 62.8 Å². The fourth-order valence-electron chi connectivity index (χ4n) is 3.64. The van der Waals surface area contributed by atoms with Crippen molar-refractivity contribution >= 4 is 40.7 Å². The van der Waals surface area contributed by atoms with Crippen molar-refractivity contribution in [2.24, 2.45) is 4.99 Å². The molecule has 0 radical (unpaired) electrons. The number of hydrogen-bond acceptors (Lipinski definition) is 3. The second-order valence-corrected chi connectivity index (χ2v) is 8.76. The van der Waals surface area contributed by atoms with Crippen LogP contribution in [0, 0.1) is 0 Å². The van der Waals surface area contributed by atoms with Crippen LogP contribution in [0.3, 0.4) is 0 Å². The Morgan fingerprint density at radius 1 is 1.18 bits per heavy atom. The van der Waals surface area contributed by atoms with Crippen LogP contribution in [-0.2, 0) is 0 Å². The summed E-state index contributed by atoms with van der Waals surface area (Å²) in [6.45, 7) is 2.66. The molecule has 144 valence electrons. The van der Waals surface area contributed by atoms with Crippen molar-refractivity contribution in [2.75, 3.05) is 6.54 Å². The quantitative estimate of drug-likeness (QED) is 0.579. The predicted octanol–water partition coefficient (Wildman–Crippen LogP) is 6.57. The van der Waals surface area contributed by atoms with Crippen molar-refractivity contribution in [3.63, 3.8) is 0 Å². The van der Waals surface area contributed by atoms with Crippen molar-refractivity contribution in [1.82, 2.24) is 5.32 Å². The Kier molecular flexibility index (Phi) is 5.88.